The van der Waals surface area contributed by atoms with E-state index < -0.39 is 0 Å². The molecule has 0 unspecified atom stereocenters. The van der Waals surface area contributed by atoms with Gasteiger partial charge in [-0.15, -0.1) is 0 Å². The van der Waals surface area contributed by atoms with E-state index in [1.807, 2.05) is 0 Å². The van der Waals surface area contributed by atoms with E-state index in [0.717, 1.165) is 25.6 Å². The SMILES string of the molecule is CCN(CCCC(=O)Cl)C1CCCCC1. The number of nitrogens with zero attached hydrogens (tertiary/aromatic N) is 1. The zero-order chi connectivity index (χ0) is 11.1. The third kappa shape index (κ3) is 4.98. The minimum Gasteiger partial charge on any atom is -0.301 e. The van der Waals surface area contributed by atoms with Crippen molar-refractivity contribution in [3.8, 4) is 0 Å². The molecule has 1 saturated carbocycles. The summed E-state index contributed by atoms with van der Waals surface area (Å²) in [5, 5.41) is -0.199. The summed E-state index contributed by atoms with van der Waals surface area (Å²) < 4.78 is 0. The second-order valence-electron chi connectivity index (χ2n) is 4.38. The lowest BCUT2D eigenvalue weighted by Crippen LogP contribution is -2.37. The molecule has 1 fully saturated rings. The Kier molecular flexibility index (Phi) is 6.26. The summed E-state index contributed by atoms with van der Waals surface area (Å²) in [6, 6.07) is 0.758. The Hall–Kier alpha value is -0.0800. The zero-order valence-corrected chi connectivity index (χ0v) is 10.4. The van der Waals surface area contributed by atoms with Crippen LogP contribution in [0.5, 0.6) is 0 Å². The maximum Gasteiger partial charge on any atom is 0.221 e. The fourth-order valence-corrected chi connectivity index (χ4v) is 2.60. The monoisotopic (exact) mass is 231 g/mol. The van der Waals surface area contributed by atoms with Crippen LogP contribution in [-0.2, 0) is 4.79 Å². The van der Waals surface area contributed by atoms with Gasteiger partial charge in [0.05, 0.1) is 0 Å². The van der Waals surface area contributed by atoms with Crippen molar-refractivity contribution in [2.45, 2.75) is 57.9 Å². The molecule has 1 rings (SSSR count). The molecule has 0 radical (unpaired) electrons. The van der Waals surface area contributed by atoms with Crippen LogP contribution in [0, 0.1) is 0 Å². The lowest BCUT2D eigenvalue weighted by molar-refractivity contribution is -0.111. The van der Waals surface area contributed by atoms with Crippen LogP contribution >= 0.6 is 11.6 Å². The van der Waals surface area contributed by atoms with Crippen LogP contribution in [0.3, 0.4) is 0 Å². The number of carbonyl (C=O) groups is 1. The van der Waals surface area contributed by atoms with E-state index in [-0.39, 0.29) is 5.24 Å². The molecule has 0 spiro atoms. The van der Waals surface area contributed by atoms with E-state index in [1.54, 1.807) is 0 Å². The van der Waals surface area contributed by atoms with Gasteiger partial charge in [0.2, 0.25) is 5.24 Å². The zero-order valence-electron chi connectivity index (χ0n) is 9.67. The van der Waals surface area contributed by atoms with Crippen molar-refractivity contribution in [2.75, 3.05) is 13.1 Å². The molecule has 15 heavy (non-hydrogen) atoms. The fourth-order valence-electron chi connectivity index (χ4n) is 2.47. The predicted molar refractivity (Wildman–Crippen MR) is 64.2 cm³/mol. The van der Waals surface area contributed by atoms with Crippen molar-refractivity contribution < 1.29 is 4.79 Å². The van der Waals surface area contributed by atoms with E-state index in [4.69, 9.17) is 11.6 Å². The van der Waals surface area contributed by atoms with E-state index in [9.17, 15) is 4.79 Å². The normalized spacial score (nSPS) is 18.3. The van der Waals surface area contributed by atoms with Crippen LogP contribution in [0.1, 0.15) is 51.9 Å². The van der Waals surface area contributed by atoms with Crippen LogP contribution < -0.4 is 0 Å². The van der Waals surface area contributed by atoms with E-state index in [2.05, 4.69) is 11.8 Å². The molecule has 0 aliphatic heterocycles. The van der Waals surface area contributed by atoms with Gasteiger partial charge in [0.1, 0.15) is 0 Å². The molecule has 88 valence electrons. The first-order valence-electron chi connectivity index (χ1n) is 6.16. The van der Waals surface area contributed by atoms with Crippen molar-refractivity contribution >= 4 is 16.8 Å². The van der Waals surface area contributed by atoms with Crippen LogP contribution in [0.15, 0.2) is 0 Å². The summed E-state index contributed by atoms with van der Waals surface area (Å²) in [5.74, 6) is 0. The molecule has 0 N–H and O–H groups in total. The Bertz CT molecular complexity index is 190. The van der Waals surface area contributed by atoms with Gasteiger partial charge in [0.25, 0.3) is 0 Å². The third-order valence-electron chi connectivity index (χ3n) is 3.32. The second-order valence-corrected chi connectivity index (χ2v) is 4.80. The van der Waals surface area contributed by atoms with Gasteiger partial charge < -0.3 is 4.90 Å². The first-order valence-corrected chi connectivity index (χ1v) is 6.54. The van der Waals surface area contributed by atoms with Gasteiger partial charge in [0.15, 0.2) is 0 Å². The highest BCUT2D eigenvalue weighted by molar-refractivity contribution is 6.63. The molecule has 0 aromatic rings. The molecule has 1 aliphatic rings. The third-order valence-corrected chi connectivity index (χ3v) is 3.50. The van der Waals surface area contributed by atoms with E-state index in [0.29, 0.717) is 6.42 Å². The minimum absolute atomic E-state index is 0.199. The van der Waals surface area contributed by atoms with Gasteiger partial charge >= 0.3 is 0 Å². The summed E-state index contributed by atoms with van der Waals surface area (Å²) in [4.78, 5) is 13.1. The van der Waals surface area contributed by atoms with Crippen LogP contribution in [0.2, 0.25) is 0 Å². The van der Waals surface area contributed by atoms with Crippen LogP contribution in [-0.4, -0.2) is 29.3 Å². The van der Waals surface area contributed by atoms with Crippen molar-refractivity contribution in [1.29, 1.82) is 0 Å². The molecular formula is C12H22ClNO. The van der Waals surface area contributed by atoms with E-state index in [1.165, 1.54) is 32.1 Å². The van der Waals surface area contributed by atoms with Gasteiger partial charge in [-0.2, -0.15) is 0 Å². The van der Waals surface area contributed by atoms with Crippen molar-refractivity contribution in [1.82, 2.24) is 4.90 Å². The number of carbonyl (C=O) groups excluding carboxylic acids is 1. The molecule has 0 bridgehead atoms. The number of hydrogen-bond donors (Lipinski definition) is 0. The summed E-state index contributed by atoms with van der Waals surface area (Å²) in [6.07, 6.45) is 8.24. The summed E-state index contributed by atoms with van der Waals surface area (Å²) >= 11 is 5.33. The average Bonchev–Trinajstić information content (AvgIpc) is 2.25. The molecule has 1 aliphatic carbocycles. The molecular weight excluding hydrogens is 210 g/mol. The summed E-state index contributed by atoms with van der Waals surface area (Å²) in [7, 11) is 0. The molecule has 0 amide bonds. The maximum atomic E-state index is 10.6. The Balaban J connectivity index is 2.24. The lowest BCUT2D eigenvalue weighted by atomic mass is 9.94. The van der Waals surface area contributed by atoms with Crippen molar-refractivity contribution in [2.24, 2.45) is 0 Å². The van der Waals surface area contributed by atoms with Gasteiger partial charge in [0, 0.05) is 12.5 Å². The van der Waals surface area contributed by atoms with Gasteiger partial charge in [-0.25, -0.2) is 0 Å². The number of hydrogen-bond acceptors (Lipinski definition) is 2. The number of rotatable bonds is 6. The minimum atomic E-state index is -0.199. The predicted octanol–water partition coefficient (Wildman–Crippen LogP) is 3.19. The van der Waals surface area contributed by atoms with Crippen LogP contribution in [0.25, 0.3) is 0 Å². The topological polar surface area (TPSA) is 20.3 Å². The fraction of sp³-hybridized carbons (Fsp3) is 0.917. The molecule has 0 aromatic heterocycles. The van der Waals surface area contributed by atoms with Gasteiger partial charge in [-0.1, -0.05) is 26.2 Å². The van der Waals surface area contributed by atoms with Gasteiger partial charge in [-0.3, -0.25) is 4.79 Å². The second kappa shape index (κ2) is 7.24. The first-order chi connectivity index (χ1) is 7.24. The Morgan fingerprint density at radius 1 is 1.33 bits per heavy atom. The molecule has 0 aromatic carbocycles. The highest BCUT2D eigenvalue weighted by Crippen LogP contribution is 2.22. The van der Waals surface area contributed by atoms with Crippen molar-refractivity contribution in [3.05, 3.63) is 0 Å². The maximum absolute atomic E-state index is 10.6. The van der Waals surface area contributed by atoms with E-state index >= 15 is 0 Å². The quantitative estimate of drug-likeness (QED) is 0.655. The van der Waals surface area contributed by atoms with Gasteiger partial charge in [-0.05, 0) is 44.0 Å². The standard InChI is InChI=1S/C12H22ClNO/c1-2-14(10-6-9-12(13)15)11-7-4-3-5-8-11/h11H,2-10H2,1H3. The Morgan fingerprint density at radius 3 is 2.53 bits per heavy atom. The lowest BCUT2D eigenvalue weighted by Gasteiger charge is -2.33. The molecule has 0 heterocycles. The molecule has 3 heteroatoms. The smallest absolute Gasteiger partial charge is 0.221 e. The summed E-state index contributed by atoms with van der Waals surface area (Å²) in [6.45, 7) is 4.33. The van der Waals surface area contributed by atoms with Crippen LogP contribution in [0.4, 0.5) is 0 Å². The first kappa shape index (κ1) is 13.0. The molecule has 0 atom stereocenters. The highest BCUT2D eigenvalue weighted by atomic mass is 35.5. The number of halogens is 1. The highest BCUT2D eigenvalue weighted by Gasteiger charge is 2.19. The Labute approximate surface area is 98.0 Å². The van der Waals surface area contributed by atoms with Crippen molar-refractivity contribution in [3.63, 3.8) is 0 Å². The Morgan fingerprint density at radius 2 is 2.00 bits per heavy atom. The molecule has 0 saturated heterocycles. The average molecular weight is 232 g/mol. The summed E-state index contributed by atoms with van der Waals surface area (Å²) in [5.41, 5.74) is 0. The molecule has 2 nitrogen and oxygen atoms in total. The largest absolute Gasteiger partial charge is 0.301 e.